The predicted molar refractivity (Wildman–Crippen MR) is 254 cm³/mol. The third-order valence-corrected chi connectivity index (χ3v) is 11.8. The second kappa shape index (κ2) is 44.4. The van der Waals surface area contributed by atoms with Gasteiger partial charge in [0.15, 0.2) is 6.10 Å². The van der Waals surface area contributed by atoms with Crippen LogP contribution in [0, 0.1) is 0 Å². The van der Waals surface area contributed by atoms with Crippen molar-refractivity contribution in [3.05, 3.63) is 24.3 Å². The first-order valence-corrected chi connectivity index (χ1v) is 25.9. The highest BCUT2D eigenvalue weighted by atomic mass is 16.6. The summed E-state index contributed by atoms with van der Waals surface area (Å²) in [6.07, 6.45) is 50.6. The molecule has 0 N–H and O–H groups in total. The van der Waals surface area contributed by atoms with E-state index in [0.717, 1.165) is 51.4 Å². The van der Waals surface area contributed by atoms with Crippen molar-refractivity contribution in [1.29, 1.82) is 0 Å². The zero-order chi connectivity index (χ0) is 44.9. The molecule has 0 saturated carbocycles. The number of carboxylic acid groups (broad SMARTS) is 1. The first-order valence-electron chi connectivity index (χ1n) is 25.9. The van der Waals surface area contributed by atoms with Crippen LogP contribution in [0.25, 0.3) is 0 Å². The fourth-order valence-corrected chi connectivity index (χ4v) is 7.81. The number of carbonyl (C=O) groups is 3. The Kier molecular flexibility index (Phi) is 42.8. The maximum atomic E-state index is 12.8. The average molecular weight is 862 g/mol. The number of ether oxygens (including phenoxy) is 3. The van der Waals surface area contributed by atoms with E-state index in [2.05, 4.69) is 38.2 Å². The van der Waals surface area contributed by atoms with Gasteiger partial charge in [-0.05, 0) is 44.9 Å². The summed E-state index contributed by atoms with van der Waals surface area (Å²) in [6, 6.07) is -0.725. The van der Waals surface area contributed by atoms with E-state index in [0.29, 0.717) is 12.8 Å². The van der Waals surface area contributed by atoms with Gasteiger partial charge in [0, 0.05) is 19.3 Å². The minimum absolute atomic E-state index is 0.0417. The topological polar surface area (TPSA) is 102 Å². The molecule has 0 heterocycles. The van der Waals surface area contributed by atoms with Crippen LogP contribution < -0.4 is 5.11 Å². The number of carbonyl (C=O) groups excluding carboxylic acids is 3. The van der Waals surface area contributed by atoms with Crippen molar-refractivity contribution < 1.29 is 38.2 Å². The van der Waals surface area contributed by atoms with Gasteiger partial charge in [0.25, 0.3) is 0 Å². The fourth-order valence-electron chi connectivity index (χ4n) is 7.81. The van der Waals surface area contributed by atoms with Crippen molar-refractivity contribution in [2.45, 2.75) is 257 Å². The van der Waals surface area contributed by atoms with Crippen LogP contribution in [0.3, 0.4) is 0 Å². The van der Waals surface area contributed by atoms with Crippen LogP contribution >= 0.6 is 0 Å². The Balaban J connectivity index is 4.22. The Hall–Kier alpha value is -2.19. The minimum atomic E-state index is -1.12. The molecular formula is C53H99NO7. The van der Waals surface area contributed by atoms with Crippen LogP contribution in [0.1, 0.15) is 245 Å². The summed E-state index contributed by atoms with van der Waals surface area (Å²) in [6.45, 7) is 4.69. The molecule has 61 heavy (non-hydrogen) atoms. The highest BCUT2D eigenvalue weighted by Crippen LogP contribution is 2.16. The Morgan fingerprint density at radius 2 is 0.869 bits per heavy atom. The number of hydrogen-bond acceptors (Lipinski definition) is 7. The first kappa shape index (κ1) is 58.8. The number of esters is 2. The van der Waals surface area contributed by atoms with Crippen LogP contribution in [0.15, 0.2) is 24.3 Å². The smallest absolute Gasteiger partial charge is 0.306 e. The van der Waals surface area contributed by atoms with E-state index in [9.17, 15) is 19.5 Å². The molecule has 0 aromatic rings. The zero-order valence-electron chi connectivity index (χ0n) is 40.8. The van der Waals surface area contributed by atoms with Crippen LogP contribution in [-0.2, 0) is 28.6 Å². The monoisotopic (exact) mass is 862 g/mol. The molecule has 0 aromatic carbocycles. The lowest BCUT2D eigenvalue weighted by molar-refractivity contribution is -0.889. The van der Waals surface area contributed by atoms with Crippen molar-refractivity contribution in [3.8, 4) is 0 Å². The van der Waals surface area contributed by atoms with E-state index in [1.165, 1.54) is 161 Å². The SMILES string of the molecule is CCCCCCCCCCC/C=C/C/C=C/CCCCCCCCCC(=O)OC(COCCC(C(=O)[O-])[N+](C)(C)C)COC(=O)CCCCCCCCCCCCCCCC. The lowest BCUT2D eigenvalue weighted by Gasteiger charge is -2.34. The molecule has 0 aromatic heterocycles. The van der Waals surface area contributed by atoms with Crippen LogP contribution in [0.2, 0.25) is 0 Å². The molecule has 2 atom stereocenters. The van der Waals surface area contributed by atoms with Gasteiger partial charge in [-0.25, -0.2) is 0 Å². The van der Waals surface area contributed by atoms with Crippen LogP contribution in [-0.4, -0.2) is 75.5 Å². The molecule has 2 unspecified atom stereocenters. The number of likely N-dealkylation sites (N-methyl/N-ethyl adjacent to an activating group) is 1. The van der Waals surface area contributed by atoms with Crippen LogP contribution in [0.5, 0.6) is 0 Å². The predicted octanol–water partition coefficient (Wildman–Crippen LogP) is 13.5. The lowest BCUT2D eigenvalue weighted by atomic mass is 10.0. The second-order valence-electron chi connectivity index (χ2n) is 18.8. The summed E-state index contributed by atoms with van der Waals surface area (Å²) in [5.41, 5.74) is 0. The standard InChI is InChI=1S/C53H99NO7/c1-6-8-10-12-14-16-18-20-22-23-24-25-26-27-28-29-30-32-34-36-38-40-42-44-52(56)61-49(47-59-46-45-50(53(57)58)54(3,4)5)48-60-51(55)43-41-39-37-35-33-31-21-19-17-15-13-11-9-7-2/h24-25,27-28,49-50H,6-23,26,29-48H2,1-5H3/b25-24+,28-27+. The molecular weight excluding hydrogens is 763 g/mol. The number of aliphatic carboxylic acids is 1. The molecule has 0 amide bonds. The number of quaternary nitrogens is 1. The van der Waals surface area contributed by atoms with Gasteiger partial charge in [-0.2, -0.15) is 0 Å². The fraction of sp³-hybridized carbons (Fsp3) is 0.868. The molecule has 8 heteroatoms. The van der Waals surface area contributed by atoms with E-state index < -0.39 is 18.1 Å². The van der Waals surface area contributed by atoms with Gasteiger partial charge in [0.05, 0.1) is 40.3 Å². The third-order valence-electron chi connectivity index (χ3n) is 11.8. The largest absolute Gasteiger partial charge is 0.544 e. The quantitative estimate of drug-likeness (QED) is 0.0260. The van der Waals surface area contributed by atoms with E-state index >= 15 is 0 Å². The lowest BCUT2D eigenvalue weighted by Crippen LogP contribution is -2.55. The number of unbranched alkanes of at least 4 members (excludes halogenated alkanes) is 29. The molecule has 0 radical (unpaired) electrons. The maximum Gasteiger partial charge on any atom is 0.306 e. The first-order chi connectivity index (χ1) is 29.6. The molecule has 0 aliphatic rings. The molecule has 0 bridgehead atoms. The highest BCUT2D eigenvalue weighted by molar-refractivity contribution is 5.70. The zero-order valence-corrected chi connectivity index (χ0v) is 40.8. The maximum absolute atomic E-state index is 12.8. The van der Waals surface area contributed by atoms with Gasteiger partial charge in [0.2, 0.25) is 0 Å². The van der Waals surface area contributed by atoms with E-state index in [4.69, 9.17) is 14.2 Å². The van der Waals surface area contributed by atoms with Crippen molar-refractivity contribution in [2.24, 2.45) is 0 Å². The second-order valence-corrected chi connectivity index (χ2v) is 18.8. The number of hydrogen-bond donors (Lipinski definition) is 0. The Morgan fingerprint density at radius 3 is 1.26 bits per heavy atom. The summed E-state index contributed by atoms with van der Waals surface area (Å²) in [4.78, 5) is 37.0. The van der Waals surface area contributed by atoms with Crippen molar-refractivity contribution in [2.75, 3.05) is 41.0 Å². The number of nitrogens with zero attached hydrogens (tertiary/aromatic N) is 1. The Bertz CT molecular complexity index is 1050. The van der Waals surface area contributed by atoms with Gasteiger partial charge in [-0.3, -0.25) is 9.59 Å². The van der Waals surface area contributed by atoms with Gasteiger partial charge in [0.1, 0.15) is 12.6 Å². The van der Waals surface area contributed by atoms with Gasteiger partial charge < -0.3 is 28.6 Å². The van der Waals surface area contributed by atoms with E-state index in [-0.39, 0.29) is 42.7 Å². The number of allylic oxidation sites excluding steroid dienone is 4. The van der Waals surface area contributed by atoms with Crippen molar-refractivity contribution in [1.82, 2.24) is 0 Å². The van der Waals surface area contributed by atoms with Crippen LogP contribution in [0.4, 0.5) is 0 Å². The highest BCUT2D eigenvalue weighted by Gasteiger charge is 2.25. The summed E-state index contributed by atoms with van der Waals surface area (Å²) < 4.78 is 17.2. The molecule has 0 fully saturated rings. The normalized spacial score (nSPS) is 13.0. The Morgan fingerprint density at radius 1 is 0.492 bits per heavy atom. The summed E-state index contributed by atoms with van der Waals surface area (Å²) >= 11 is 0. The third kappa shape index (κ3) is 42.9. The summed E-state index contributed by atoms with van der Waals surface area (Å²) in [5, 5.41) is 11.7. The molecule has 0 aliphatic carbocycles. The number of rotatable bonds is 47. The molecule has 0 aliphatic heterocycles. The summed E-state index contributed by atoms with van der Waals surface area (Å²) in [7, 11) is 5.42. The van der Waals surface area contributed by atoms with Gasteiger partial charge >= 0.3 is 11.9 Å². The molecule has 358 valence electrons. The molecule has 0 spiro atoms. The van der Waals surface area contributed by atoms with Crippen molar-refractivity contribution >= 4 is 17.9 Å². The molecule has 0 saturated heterocycles. The molecule has 8 nitrogen and oxygen atoms in total. The number of carboxylic acids is 1. The Labute approximate surface area is 377 Å². The van der Waals surface area contributed by atoms with E-state index in [1.807, 2.05) is 0 Å². The van der Waals surface area contributed by atoms with Crippen molar-refractivity contribution in [3.63, 3.8) is 0 Å². The average Bonchev–Trinajstić information content (AvgIpc) is 3.22. The summed E-state index contributed by atoms with van der Waals surface area (Å²) in [5.74, 6) is -1.73. The van der Waals surface area contributed by atoms with E-state index in [1.54, 1.807) is 21.1 Å². The minimum Gasteiger partial charge on any atom is -0.544 e. The van der Waals surface area contributed by atoms with Gasteiger partial charge in [-0.15, -0.1) is 0 Å². The van der Waals surface area contributed by atoms with Gasteiger partial charge in [-0.1, -0.05) is 205 Å². The molecule has 0 rings (SSSR count).